The van der Waals surface area contributed by atoms with E-state index in [0.717, 1.165) is 12.8 Å². The standard InChI is InChI=1S/C36H40F2N6O6/c1-4-26-27(38)11-10-22-15-25(46)16-29(31(22)26)44-20-28-32(50-35(44)48)33(42-12-7-6-9-24(19-42)39-30(47)5-2)41-34(40-28)49-21-36(3)17-23(37)18-43(36)13-8-14-45/h1,5,10-11,15-16,23-24,45-46H,2,6-9,12-14,17-21H2,3H3,(H,39,47)/t23-,24?,36+/m1/s1. The van der Waals surface area contributed by atoms with Gasteiger partial charge in [-0.1, -0.05) is 18.6 Å². The number of alkyl halides is 1. The van der Waals surface area contributed by atoms with Gasteiger partial charge in [0.1, 0.15) is 30.0 Å². The third kappa shape index (κ3) is 7.01. The van der Waals surface area contributed by atoms with Crippen molar-refractivity contribution in [2.45, 2.75) is 63.3 Å². The van der Waals surface area contributed by atoms with E-state index in [1.54, 1.807) is 0 Å². The van der Waals surface area contributed by atoms with Crippen LogP contribution in [0.5, 0.6) is 17.5 Å². The third-order valence-corrected chi connectivity index (χ3v) is 9.53. The number of ether oxygens (including phenoxy) is 2. The number of halogens is 2. The Morgan fingerprint density at radius 2 is 2.12 bits per heavy atom. The summed E-state index contributed by atoms with van der Waals surface area (Å²) in [5.74, 6) is 1.59. The molecular formula is C36H40F2N6O6. The molecule has 264 valence electrons. The van der Waals surface area contributed by atoms with Gasteiger partial charge in [0.2, 0.25) is 5.91 Å². The summed E-state index contributed by atoms with van der Waals surface area (Å²) in [6, 6.07) is 5.11. The molecule has 3 aromatic rings. The van der Waals surface area contributed by atoms with E-state index in [4.69, 9.17) is 20.9 Å². The molecule has 50 heavy (non-hydrogen) atoms. The Labute approximate surface area is 288 Å². The largest absolute Gasteiger partial charge is 0.508 e. The minimum atomic E-state index is -1.06. The molecule has 1 aromatic heterocycles. The normalized spacial score (nSPS) is 22.4. The number of anilines is 2. The molecule has 3 atom stereocenters. The number of terminal acetylenes is 1. The van der Waals surface area contributed by atoms with Crippen LogP contribution in [0.1, 0.15) is 50.3 Å². The molecule has 2 aromatic carbocycles. The number of aromatic hydroxyl groups is 1. The molecule has 3 aliphatic heterocycles. The van der Waals surface area contributed by atoms with Crippen molar-refractivity contribution in [2.75, 3.05) is 49.2 Å². The Morgan fingerprint density at radius 1 is 1.30 bits per heavy atom. The molecule has 4 heterocycles. The Balaban J connectivity index is 1.40. The summed E-state index contributed by atoms with van der Waals surface area (Å²) in [5, 5.41) is 23.6. The molecule has 6 rings (SSSR count). The van der Waals surface area contributed by atoms with Crippen molar-refractivity contribution in [1.82, 2.24) is 20.2 Å². The number of amides is 2. The van der Waals surface area contributed by atoms with Gasteiger partial charge in [-0.25, -0.2) is 13.6 Å². The first-order chi connectivity index (χ1) is 24.0. The lowest BCUT2D eigenvalue weighted by Gasteiger charge is -2.35. The number of phenols is 1. The zero-order valence-corrected chi connectivity index (χ0v) is 27.8. The highest BCUT2D eigenvalue weighted by Gasteiger charge is 2.43. The monoisotopic (exact) mass is 690 g/mol. The Hall–Kier alpha value is -5.00. The lowest BCUT2D eigenvalue weighted by Crippen LogP contribution is -2.46. The van der Waals surface area contributed by atoms with Crippen LogP contribution in [0.15, 0.2) is 36.9 Å². The van der Waals surface area contributed by atoms with Crippen LogP contribution in [0.3, 0.4) is 0 Å². The van der Waals surface area contributed by atoms with Gasteiger partial charge in [0, 0.05) is 56.7 Å². The van der Waals surface area contributed by atoms with Crippen molar-refractivity contribution >= 4 is 34.3 Å². The molecule has 0 saturated carbocycles. The highest BCUT2D eigenvalue weighted by atomic mass is 19.1. The number of likely N-dealkylation sites (tertiary alicyclic amines) is 1. The number of phenolic OH excluding ortho intramolecular Hbond substituents is 1. The average molecular weight is 691 g/mol. The van der Waals surface area contributed by atoms with Crippen LogP contribution in [0.2, 0.25) is 0 Å². The average Bonchev–Trinajstić information content (AvgIpc) is 3.22. The highest BCUT2D eigenvalue weighted by Crippen LogP contribution is 2.42. The Bertz CT molecular complexity index is 1850. The Kier molecular flexibility index (Phi) is 10.1. The summed E-state index contributed by atoms with van der Waals surface area (Å²) >= 11 is 0. The van der Waals surface area contributed by atoms with Gasteiger partial charge in [0.25, 0.3) is 0 Å². The fraction of sp³-hybridized carbons (Fsp3) is 0.444. The first-order valence-corrected chi connectivity index (χ1v) is 16.7. The number of aliphatic hydroxyl groups excluding tert-OH is 1. The van der Waals surface area contributed by atoms with Gasteiger partial charge in [-0.3, -0.25) is 14.6 Å². The fourth-order valence-corrected chi connectivity index (χ4v) is 7.08. The number of nitrogens with one attached hydrogen (secondary N) is 1. The molecule has 0 radical (unpaired) electrons. The van der Waals surface area contributed by atoms with Crippen molar-refractivity contribution < 1.29 is 38.1 Å². The van der Waals surface area contributed by atoms with Crippen LogP contribution in [-0.4, -0.2) is 94.2 Å². The van der Waals surface area contributed by atoms with Gasteiger partial charge >= 0.3 is 12.1 Å². The summed E-state index contributed by atoms with van der Waals surface area (Å²) in [4.78, 5) is 40.4. The van der Waals surface area contributed by atoms with E-state index < -0.39 is 23.6 Å². The topological polar surface area (TPSA) is 141 Å². The van der Waals surface area contributed by atoms with Crippen molar-refractivity contribution in [1.29, 1.82) is 0 Å². The molecule has 2 amide bonds. The zero-order valence-electron chi connectivity index (χ0n) is 27.8. The van der Waals surface area contributed by atoms with E-state index in [9.17, 15) is 28.6 Å². The predicted octanol–water partition coefficient (Wildman–Crippen LogP) is 4.20. The zero-order chi connectivity index (χ0) is 35.6. The number of aromatic nitrogens is 2. The van der Waals surface area contributed by atoms with Gasteiger partial charge in [0.05, 0.1) is 23.3 Å². The maximum absolute atomic E-state index is 14.9. The summed E-state index contributed by atoms with van der Waals surface area (Å²) in [7, 11) is 0. The van der Waals surface area contributed by atoms with E-state index >= 15 is 0 Å². The summed E-state index contributed by atoms with van der Waals surface area (Å²) < 4.78 is 41.7. The third-order valence-electron chi connectivity index (χ3n) is 9.53. The second-order valence-electron chi connectivity index (χ2n) is 13.2. The lowest BCUT2D eigenvalue weighted by atomic mass is 9.99. The van der Waals surface area contributed by atoms with Crippen molar-refractivity contribution in [3.8, 4) is 29.9 Å². The number of carbonyl (C=O) groups is 2. The number of hydrogen-bond acceptors (Lipinski definition) is 10. The number of carbonyl (C=O) groups excluding carboxylic acids is 2. The van der Waals surface area contributed by atoms with Crippen LogP contribution in [0.25, 0.3) is 10.8 Å². The van der Waals surface area contributed by atoms with Crippen molar-refractivity contribution in [3.05, 3.63) is 54.0 Å². The van der Waals surface area contributed by atoms with Gasteiger partial charge < -0.3 is 29.9 Å². The molecule has 0 spiro atoms. The summed E-state index contributed by atoms with van der Waals surface area (Å²) in [5.41, 5.74) is -0.388. The summed E-state index contributed by atoms with van der Waals surface area (Å²) in [6.07, 6.45) is 8.02. The van der Waals surface area contributed by atoms with Crippen LogP contribution >= 0.6 is 0 Å². The molecule has 1 unspecified atom stereocenters. The van der Waals surface area contributed by atoms with Gasteiger partial charge in [0.15, 0.2) is 11.6 Å². The first kappa shape index (κ1) is 34.8. The van der Waals surface area contributed by atoms with E-state index in [2.05, 4.69) is 22.8 Å². The molecule has 12 nitrogen and oxygen atoms in total. The fourth-order valence-electron chi connectivity index (χ4n) is 7.08. The number of nitrogens with zero attached hydrogens (tertiary/aromatic N) is 5. The van der Waals surface area contributed by atoms with E-state index in [0.29, 0.717) is 37.9 Å². The van der Waals surface area contributed by atoms with Crippen LogP contribution in [0, 0.1) is 18.2 Å². The minimum Gasteiger partial charge on any atom is -0.508 e. The van der Waals surface area contributed by atoms with Gasteiger partial charge in [-0.2, -0.15) is 9.97 Å². The molecule has 2 saturated heterocycles. The van der Waals surface area contributed by atoms with E-state index in [1.807, 2.05) is 16.7 Å². The molecule has 0 aliphatic carbocycles. The Morgan fingerprint density at radius 3 is 2.88 bits per heavy atom. The first-order valence-electron chi connectivity index (χ1n) is 16.7. The van der Waals surface area contributed by atoms with Gasteiger partial charge in [-0.05, 0) is 56.2 Å². The minimum absolute atomic E-state index is 0.0229. The van der Waals surface area contributed by atoms with E-state index in [1.165, 1.54) is 35.2 Å². The smallest absolute Gasteiger partial charge is 0.420 e. The van der Waals surface area contributed by atoms with Crippen LogP contribution in [-0.2, 0) is 11.3 Å². The maximum atomic E-state index is 14.9. The second-order valence-corrected chi connectivity index (χ2v) is 13.2. The molecule has 2 fully saturated rings. The quantitative estimate of drug-likeness (QED) is 0.210. The molecular weight excluding hydrogens is 650 g/mol. The number of rotatable bonds is 10. The molecule has 0 bridgehead atoms. The van der Waals surface area contributed by atoms with E-state index in [-0.39, 0.29) is 90.3 Å². The molecule has 3 aliphatic rings. The predicted molar refractivity (Wildman–Crippen MR) is 183 cm³/mol. The SMILES string of the molecule is C#Cc1c(F)ccc2cc(O)cc(N3Cc4nc(OC[C@]5(C)C[C@@H](F)CN5CCCO)nc(N5CCCCC(NC(=O)C=C)C5)c4OC3=O)c12. The van der Waals surface area contributed by atoms with Crippen LogP contribution in [0.4, 0.5) is 25.1 Å². The number of aliphatic hydroxyl groups is 1. The molecule has 3 N–H and O–H groups in total. The summed E-state index contributed by atoms with van der Waals surface area (Å²) in [6.45, 7) is 6.87. The second kappa shape index (κ2) is 14.5. The number of fused-ring (bicyclic) bond motifs is 2. The van der Waals surface area contributed by atoms with Gasteiger partial charge in [-0.15, -0.1) is 6.42 Å². The highest BCUT2D eigenvalue weighted by molar-refractivity contribution is 6.06. The number of hydrogen-bond donors (Lipinski definition) is 3. The lowest BCUT2D eigenvalue weighted by molar-refractivity contribution is -0.117. The van der Waals surface area contributed by atoms with Crippen molar-refractivity contribution in [3.63, 3.8) is 0 Å². The van der Waals surface area contributed by atoms with Crippen LogP contribution < -0.4 is 24.6 Å². The van der Waals surface area contributed by atoms with Crippen molar-refractivity contribution in [2.24, 2.45) is 0 Å². The maximum Gasteiger partial charge on any atom is 0.420 e. The number of benzene rings is 2. The molecule has 14 heteroatoms.